The summed E-state index contributed by atoms with van der Waals surface area (Å²) in [6, 6.07) is 9.32. The molecule has 3 N–H and O–H groups in total. The molecule has 0 fully saturated rings. The first-order chi connectivity index (χ1) is 9.49. The van der Waals surface area contributed by atoms with Gasteiger partial charge in [0, 0.05) is 38.6 Å². The van der Waals surface area contributed by atoms with Crippen LogP contribution in [0.4, 0.5) is 17.5 Å². The molecule has 1 aromatic carbocycles. The van der Waals surface area contributed by atoms with E-state index in [2.05, 4.69) is 9.97 Å². The van der Waals surface area contributed by atoms with Crippen LogP contribution in [0.25, 0.3) is 0 Å². The van der Waals surface area contributed by atoms with E-state index in [1.54, 1.807) is 6.20 Å². The lowest BCUT2D eigenvalue weighted by molar-refractivity contribution is 0.981. The second-order valence-electron chi connectivity index (χ2n) is 4.63. The van der Waals surface area contributed by atoms with Crippen molar-refractivity contribution >= 4 is 23.3 Å². The van der Waals surface area contributed by atoms with Crippen LogP contribution in [0.15, 0.2) is 36.5 Å². The summed E-state index contributed by atoms with van der Waals surface area (Å²) >= 11 is 0. The number of benzene rings is 1. The molecule has 0 radical (unpaired) electrons. The molecule has 2 rings (SSSR count). The van der Waals surface area contributed by atoms with E-state index < -0.39 is 0 Å². The fraction of sp³-hybridized carbons (Fsp3) is 0.214. The van der Waals surface area contributed by atoms with Crippen molar-refractivity contribution < 1.29 is 0 Å². The average molecular weight is 270 g/mol. The van der Waals surface area contributed by atoms with Crippen molar-refractivity contribution in [2.75, 3.05) is 30.9 Å². The Morgan fingerprint density at radius 2 is 1.75 bits per heavy atom. The molecule has 6 nitrogen and oxygen atoms in total. The van der Waals surface area contributed by atoms with Crippen molar-refractivity contribution in [2.24, 2.45) is 5.73 Å². The number of aromatic nitrogens is 2. The van der Waals surface area contributed by atoms with Gasteiger partial charge < -0.3 is 15.5 Å². The van der Waals surface area contributed by atoms with E-state index >= 15 is 0 Å². The molecule has 1 aromatic heterocycles. The SMILES string of the molecule is CN(C)c1nccc(N(C)c2ccc(C(=N)N)cc2)n1. The Bertz CT molecular complexity index is 605. The molecule has 0 saturated heterocycles. The zero-order valence-electron chi connectivity index (χ0n) is 11.8. The maximum absolute atomic E-state index is 7.39. The van der Waals surface area contributed by atoms with E-state index in [4.69, 9.17) is 11.1 Å². The summed E-state index contributed by atoms with van der Waals surface area (Å²) < 4.78 is 0. The number of amidine groups is 1. The predicted octanol–water partition coefficient (Wildman–Crippen LogP) is 1.59. The third-order valence-electron chi connectivity index (χ3n) is 2.94. The van der Waals surface area contributed by atoms with Gasteiger partial charge in [-0.05, 0) is 30.3 Å². The maximum atomic E-state index is 7.39. The van der Waals surface area contributed by atoms with Gasteiger partial charge in [-0.25, -0.2) is 4.98 Å². The normalized spacial score (nSPS) is 10.2. The molecule has 104 valence electrons. The second-order valence-corrected chi connectivity index (χ2v) is 4.63. The van der Waals surface area contributed by atoms with Gasteiger partial charge in [-0.2, -0.15) is 4.98 Å². The number of anilines is 3. The molecule has 2 aromatic rings. The van der Waals surface area contributed by atoms with Crippen LogP contribution in [0.2, 0.25) is 0 Å². The molecule has 0 aliphatic rings. The van der Waals surface area contributed by atoms with Gasteiger partial charge in [0.2, 0.25) is 5.95 Å². The Balaban J connectivity index is 2.28. The lowest BCUT2D eigenvalue weighted by atomic mass is 10.2. The molecule has 0 saturated carbocycles. The summed E-state index contributed by atoms with van der Waals surface area (Å²) in [6.45, 7) is 0. The number of rotatable bonds is 4. The van der Waals surface area contributed by atoms with Crippen LogP contribution in [0.5, 0.6) is 0 Å². The molecular formula is C14H18N6. The van der Waals surface area contributed by atoms with Gasteiger partial charge in [-0.15, -0.1) is 0 Å². The quantitative estimate of drug-likeness (QED) is 0.651. The van der Waals surface area contributed by atoms with Crippen LogP contribution >= 0.6 is 0 Å². The number of nitrogens with zero attached hydrogens (tertiary/aromatic N) is 4. The first-order valence-corrected chi connectivity index (χ1v) is 6.17. The smallest absolute Gasteiger partial charge is 0.226 e. The van der Waals surface area contributed by atoms with Gasteiger partial charge in [0.15, 0.2) is 0 Å². The summed E-state index contributed by atoms with van der Waals surface area (Å²) in [5.41, 5.74) is 7.13. The Hall–Kier alpha value is -2.63. The molecule has 6 heteroatoms. The van der Waals surface area contributed by atoms with Crippen LogP contribution in [-0.2, 0) is 0 Å². The lowest BCUT2D eigenvalue weighted by Crippen LogP contribution is -2.17. The van der Waals surface area contributed by atoms with E-state index in [0.29, 0.717) is 11.5 Å². The lowest BCUT2D eigenvalue weighted by Gasteiger charge is -2.20. The molecule has 0 aliphatic carbocycles. The van der Waals surface area contributed by atoms with Crippen molar-refractivity contribution in [3.63, 3.8) is 0 Å². The van der Waals surface area contributed by atoms with Gasteiger partial charge in [-0.1, -0.05) is 0 Å². The molecule has 0 atom stereocenters. The van der Waals surface area contributed by atoms with Crippen molar-refractivity contribution in [2.45, 2.75) is 0 Å². The Morgan fingerprint density at radius 3 is 2.30 bits per heavy atom. The minimum Gasteiger partial charge on any atom is -0.384 e. The highest BCUT2D eigenvalue weighted by Gasteiger charge is 2.08. The van der Waals surface area contributed by atoms with Crippen LogP contribution in [0, 0.1) is 5.41 Å². The molecule has 1 heterocycles. The molecule has 0 aliphatic heterocycles. The number of nitrogen functional groups attached to an aromatic ring is 1. The fourth-order valence-electron chi connectivity index (χ4n) is 1.74. The van der Waals surface area contributed by atoms with Gasteiger partial charge in [-0.3, -0.25) is 5.41 Å². The van der Waals surface area contributed by atoms with E-state index in [1.165, 1.54) is 0 Å². The summed E-state index contributed by atoms with van der Waals surface area (Å²) in [5, 5.41) is 7.39. The minimum absolute atomic E-state index is 0.0659. The summed E-state index contributed by atoms with van der Waals surface area (Å²) in [5.74, 6) is 1.53. The standard InChI is InChI=1S/C14H18N6/c1-19(2)14-17-9-8-12(18-14)20(3)11-6-4-10(5-7-11)13(15)16/h4-9H,1-3H3,(H3,15,16). The Kier molecular flexibility index (Phi) is 3.84. The number of nitrogens with two attached hydrogens (primary N) is 1. The van der Waals surface area contributed by atoms with Gasteiger partial charge in [0.1, 0.15) is 11.7 Å². The van der Waals surface area contributed by atoms with E-state index in [-0.39, 0.29) is 5.84 Å². The molecule has 0 bridgehead atoms. The third kappa shape index (κ3) is 2.85. The molecule has 0 amide bonds. The van der Waals surface area contributed by atoms with Gasteiger partial charge in [0.25, 0.3) is 0 Å². The van der Waals surface area contributed by atoms with E-state index in [0.717, 1.165) is 11.5 Å². The zero-order valence-corrected chi connectivity index (χ0v) is 11.8. The molecule has 20 heavy (non-hydrogen) atoms. The Morgan fingerprint density at radius 1 is 1.10 bits per heavy atom. The van der Waals surface area contributed by atoms with Crippen LogP contribution in [0.1, 0.15) is 5.56 Å². The summed E-state index contributed by atoms with van der Waals surface area (Å²) in [6.07, 6.45) is 1.73. The fourth-order valence-corrected chi connectivity index (χ4v) is 1.74. The highest BCUT2D eigenvalue weighted by Crippen LogP contribution is 2.22. The largest absolute Gasteiger partial charge is 0.384 e. The summed E-state index contributed by atoms with van der Waals surface area (Å²) in [4.78, 5) is 12.5. The predicted molar refractivity (Wildman–Crippen MR) is 81.9 cm³/mol. The zero-order chi connectivity index (χ0) is 14.7. The first kappa shape index (κ1) is 13.8. The maximum Gasteiger partial charge on any atom is 0.226 e. The molecular weight excluding hydrogens is 252 g/mol. The van der Waals surface area contributed by atoms with Gasteiger partial charge >= 0.3 is 0 Å². The third-order valence-corrected chi connectivity index (χ3v) is 2.94. The highest BCUT2D eigenvalue weighted by molar-refractivity contribution is 5.95. The van der Waals surface area contributed by atoms with Crippen molar-refractivity contribution in [3.05, 3.63) is 42.1 Å². The summed E-state index contributed by atoms with van der Waals surface area (Å²) in [7, 11) is 5.74. The van der Waals surface area contributed by atoms with Crippen LogP contribution < -0.4 is 15.5 Å². The van der Waals surface area contributed by atoms with Crippen molar-refractivity contribution in [3.8, 4) is 0 Å². The number of hydrogen-bond acceptors (Lipinski definition) is 5. The van der Waals surface area contributed by atoms with Crippen LogP contribution in [0.3, 0.4) is 0 Å². The van der Waals surface area contributed by atoms with E-state index in [9.17, 15) is 0 Å². The van der Waals surface area contributed by atoms with Crippen LogP contribution in [-0.4, -0.2) is 36.9 Å². The first-order valence-electron chi connectivity index (χ1n) is 6.17. The number of hydrogen-bond donors (Lipinski definition) is 2. The van der Waals surface area contributed by atoms with Gasteiger partial charge in [0.05, 0.1) is 0 Å². The van der Waals surface area contributed by atoms with E-state index in [1.807, 2.05) is 61.3 Å². The average Bonchev–Trinajstić information content (AvgIpc) is 2.46. The second kappa shape index (κ2) is 5.56. The highest BCUT2D eigenvalue weighted by atomic mass is 15.3. The van der Waals surface area contributed by atoms with Crippen molar-refractivity contribution in [1.29, 1.82) is 5.41 Å². The monoisotopic (exact) mass is 270 g/mol. The molecule has 0 spiro atoms. The minimum atomic E-state index is 0.0659. The topological polar surface area (TPSA) is 82.1 Å². The molecule has 0 unspecified atom stereocenters. The Labute approximate surface area is 118 Å². The van der Waals surface area contributed by atoms with Crippen molar-refractivity contribution in [1.82, 2.24) is 9.97 Å². The number of nitrogens with one attached hydrogen (secondary N) is 1.